The van der Waals surface area contributed by atoms with Gasteiger partial charge in [-0.1, -0.05) is 24.3 Å². The predicted octanol–water partition coefficient (Wildman–Crippen LogP) is 5.76. The molecule has 0 saturated heterocycles. The van der Waals surface area contributed by atoms with Gasteiger partial charge in [-0.15, -0.1) is 0 Å². The van der Waals surface area contributed by atoms with Crippen LogP contribution >= 0.6 is 22.6 Å². The molecule has 1 N–H and O–H groups in total. The summed E-state index contributed by atoms with van der Waals surface area (Å²) in [4.78, 5) is 25.1. The number of rotatable bonds is 4. The lowest BCUT2D eigenvalue weighted by molar-refractivity contribution is -0.137. The number of alkyl halides is 3. The lowest BCUT2D eigenvalue weighted by Gasteiger charge is -2.23. The number of halogens is 4. The number of alkyl carbamates (subject to hydrolysis) is 1. The van der Waals surface area contributed by atoms with Crippen LogP contribution in [-0.4, -0.2) is 17.4 Å². The Morgan fingerprint density at radius 2 is 1.50 bits per heavy atom. The van der Waals surface area contributed by atoms with Gasteiger partial charge >= 0.3 is 12.3 Å². The van der Waals surface area contributed by atoms with E-state index < -0.39 is 35.3 Å². The number of nitrogens with one attached hydrogen (secondary N) is 1. The molecule has 0 radical (unpaired) electrons. The van der Waals surface area contributed by atoms with Crippen LogP contribution in [0.25, 0.3) is 0 Å². The maximum atomic E-state index is 12.9. The van der Waals surface area contributed by atoms with E-state index in [0.717, 1.165) is 27.8 Å². The van der Waals surface area contributed by atoms with Gasteiger partial charge in [-0.05, 0) is 67.6 Å². The van der Waals surface area contributed by atoms with E-state index in [1.807, 2.05) is 0 Å². The van der Waals surface area contributed by atoms with Crippen molar-refractivity contribution < 1.29 is 27.5 Å². The molecule has 0 fully saturated rings. The van der Waals surface area contributed by atoms with E-state index in [2.05, 4.69) is 27.9 Å². The first-order valence-corrected chi connectivity index (χ1v) is 9.40. The van der Waals surface area contributed by atoms with Gasteiger partial charge in [0.15, 0.2) is 6.10 Å². The topological polar surface area (TPSA) is 55.4 Å². The molecule has 0 aliphatic rings. The molecule has 28 heavy (non-hydrogen) atoms. The molecule has 150 valence electrons. The smallest absolute Gasteiger partial charge is 0.416 e. The van der Waals surface area contributed by atoms with Gasteiger partial charge < -0.3 is 10.1 Å². The summed E-state index contributed by atoms with van der Waals surface area (Å²) in [5.74, 6) is -0.528. The van der Waals surface area contributed by atoms with Crippen molar-refractivity contribution in [3.05, 3.63) is 68.8 Å². The fourth-order valence-corrected chi connectivity index (χ4v) is 2.69. The van der Waals surface area contributed by atoms with Crippen LogP contribution in [0.4, 0.5) is 18.0 Å². The van der Waals surface area contributed by atoms with Gasteiger partial charge in [-0.3, -0.25) is 4.79 Å². The molecule has 1 unspecified atom stereocenters. The van der Waals surface area contributed by atoms with Crippen LogP contribution in [0.1, 0.15) is 48.4 Å². The van der Waals surface area contributed by atoms with E-state index in [1.54, 1.807) is 45.0 Å². The van der Waals surface area contributed by atoms with Gasteiger partial charge in [-0.25, -0.2) is 4.79 Å². The van der Waals surface area contributed by atoms with Crippen molar-refractivity contribution in [2.45, 2.75) is 38.6 Å². The van der Waals surface area contributed by atoms with Gasteiger partial charge in [0.25, 0.3) is 0 Å². The minimum absolute atomic E-state index is 0.153. The molecule has 4 nitrogen and oxygen atoms in total. The minimum atomic E-state index is -4.50. The van der Waals surface area contributed by atoms with Crippen molar-refractivity contribution in [3.8, 4) is 0 Å². The third-order valence-corrected chi connectivity index (χ3v) is 4.33. The molecule has 2 aromatic carbocycles. The molecule has 2 rings (SSSR count). The Balaban J connectivity index is 2.36. The molecular formula is C20H19F3INO3. The number of ketones is 1. The largest absolute Gasteiger partial charge is 0.433 e. The maximum absolute atomic E-state index is 12.9. The standard InChI is InChI=1S/C20H19F3INO3/c1-19(2,3)25-18(27)28-17(16(26)12-6-10-15(24)11-7-12)13-4-8-14(9-5-13)20(21,22)23/h4-11,17H,1-3H3,(H,25,27). The molecule has 0 aromatic heterocycles. The first-order chi connectivity index (χ1) is 12.9. The second-order valence-corrected chi connectivity index (χ2v) is 8.40. The summed E-state index contributed by atoms with van der Waals surface area (Å²) in [7, 11) is 0. The highest BCUT2D eigenvalue weighted by Gasteiger charge is 2.32. The summed E-state index contributed by atoms with van der Waals surface area (Å²) in [6, 6.07) is 10.6. The van der Waals surface area contributed by atoms with Gasteiger partial charge in [0.05, 0.1) is 5.56 Å². The van der Waals surface area contributed by atoms with Crippen molar-refractivity contribution in [2.75, 3.05) is 0 Å². The Bertz CT molecular complexity index is 841. The maximum Gasteiger partial charge on any atom is 0.416 e. The second-order valence-electron chi connectivity index (χ2n) is 7.15. The Kier molecular flexibility index (Phi) is 6.74. The molecule has 0 bridgehead atoms. The van der Waals surface area contributed by atoms with E-state index in [-0.39, 0.29) is 11.1 Å². The Morgan fingerprint density at radius 1 is 0.964 bits per heavy atom. The molecule has 1 amide bonds. The average Bonchev–Trinajstić information content (AvgIpc) is 2.57. The van der Waals surface area contributed by atoms with Crippen LogP contribution in [0, 0.1) is 3.57 Å². The average molecular weight is 505 g/mol. The number of carbonyl (C=O) groups is 2. The van der Waals surface area contributed by atoms with Gasteiger partial charge in [0, 0.05) is 20.2 Å². The van der Waals surface area contributed by atoms with E-state index in [1.165, 1.54) is 0 Å². The summed E-state index contributed by atoms with van der Waals surface area (Å²) in [5.41, 5.74) is -1.02. The number of carbonyl (C=O) groups excluding carboxylic acids is 2. The highest BCUT2D eigenvalue weighted by Crippen LogP contribution is 2.31. The molecule has 0 aliphatic carbocycles. The highest BCUT2D eigenvalue weighted by molar-refractivity contribution is 14.1. The van der Waals surface area contributed by atoms with Crippen LogP contribution in [0.3, 0.4) is 0 Å². The van der Waals surface area contributed by atoms with Gasteiger partial charge in [0.1, 0.15) is 0 Å². The summed E-state index contributed by atoms with van der Waals surface area (Å²) >= 11 is 2.08. The first kappa shape index (κ1) is 22.2. The van der Waals surface area contributed by atoms with Crippen molar-refractivity contribution >= 4 is 34.5 Å². The number of hydrogen-bond acceptors (Lipinski definition) is 3. The van der Waals surface area contributed by atoms with Crippen molar-refractivity contribution in [2.24, 2.45) is 0 Å². The zero-order valence-electron chi connectivity index (χ0n) is 15.4. The summed E-state index contributed by atoms with van der Waals surface area (Å²) < 4.78 is 44.7. The molecule has 0 heterocycles. The van der Waals surface area contributed by atoms with Crippen LogP contribution in [0.5, 0.6) is 0 Å². The number of benzene rings is 2. The Hall–Kier alpha value is -2.10. The number of amides is 1. The van der Waals surface area contributed by atoms with Crippen LogP contribution in [0.2, 0.25) is 0 Å². The third kappa shape index (κ3) is 6.22. The molecular weight excluding hydrogens is 486 g/mol. The molecule has 2 aromatic rings. The summed E-state index contributed by atoms with van der Waals surface area (Å²) in [5, 5.41) is 2.58. The van der Waals surface area contributed by atoms with E-state index in [9.17, 15) is 22.8 Å². The molecule has 1 atom stereocenters. The van der Waals surface area contributed by atoms with Gasteiger partial charge in [0.2, 0.25) is 5.78 Å². The first-order valence-electron chi connectivity index (χ1n) is 8.32. The zero-order chi connectivity index (χ0) is 21.1. The minimum Gasteiger partial charge on any atom is -0.433 e. The number of ether oxygens (including phenoxy) is 1. The highest BCUT2D eigenvalue weighted by atomic mass is 127. The lowest BCUT2D eigenvalue weighted by atomic mass is 9.98. The zero-order valence-corrected chi connectivity index (χ0v) is 17.6. The number of hydrogen-bond donors (Lipinski definition) is 1. The van der Waals surface area contributed by atoms with E-state index in [0.29, 0.717) is 0 Å². The van der Waals surface area contributed by atoms with Crippen molar-refractivity contribution in [3.63, 3.8) is 0 Å². The molecule has 8 heteroatoms. The van der Waals surface area contributed by atoms with E-state index >= 15 is 0 Å². The fraction of sp³-hybridized carbons (Fsp3) is 0.300. The molecule has 0 saturated carbocycles. The predicted molar refractivity (Wildman–Crippen MR) is 107 cm³/mol. The normalized spacial score (nSPS) is 13.0. The summed E-state index contributed by atoms with van der Waals surface area (Å²) in [6.45, 7) is 5.22. The Labute approximate surface area is 174 Å². The van der Waals surface area contributed by atoms with Crippen LogP contribution < -0.4 is 5.32 Å². The second kappa shape index (κ2) is 8.50. The Morgan fingerprint density at radius 3 is 1.96 bits per heavy atom. The number of Topliss-reactive ketones (excluding diaryl/α,β-unsaturated/α-hetero) is 1. The fourth-order valence-electron chi connectivity index (χ4n) is 2.33. The van der Waals surface area contributed by atoms with Crippen LogP contribution in [-0.2, 0) is 10.9 Å². The monoisotopic (exact) mass is 505 g/mol. The van der Waals surface area contributed by atoms with Crippen molar-refractivity contribution in [1.29, 1.82) is 0 Å². The van der Waals surface area contributed by atoms with Gasteiger partial charge in [-0.2, -0.15) is 13.2 Å². The van der Waals surface area contributed by atoms with Crippen LogP contribution in [0.15, 0.2) is 48.5 Å². The van der Waals surface area contributed by atoms with E-state index in [4.69, 9.17) is 4.74 Å². The lowest BCUT2D eigenvalue weighted by Crippen LogP contribution is -2.42. The quantitative estimate of drug-likeness (QED) is 0.425. The SMILES string of the molecule is CC(C)(C)NC(=O)OC(C(=O)c1ccc(I)cc1)c1ccc(C(F)(F)F)cc1. The molecule has 0 aliphatic heterocycles. The summed E-state index contributed by atoms with van der Waals surface area (Å²) in [6.07, 6.45) is -6.71. The van der Waals surface area contributed by atoms with Crippen molar-refractivity contribution in [1.82, 2.24) is 5.32 Å². The molecule has 0 spiro atoms. The third-order valence-electron chi connectivity index (χ3n) is 3.61.